The highest BCUT2D eigenvalue weighted by Gasteiger charge is 2.33. The average Bonchev–Trinajstić information content (AvgIpc) is 2.96. The van der Waals surface area contributed by atoms with Crippen LogP contribution in [0.1, 0.15) is 86.2 Å². The van der Waals surface area contributed by atoms with E-state index in [2.05, 4.69) is 26.6 Å². The molecule has 1 aliphatic heterocycles. The van der Waals surface area contributed by atoms with Gasteiger partial charge in [-0.25, -0.2) is 14.6 Å². The number of nitrogens with zero attached hydrogens (tertiary/aromatic N) is 1. The number of nitrogen functional groups attached to an aromatic ring is 1. The van der Waals surface area contributed by atoms with Crippen LogP contribution in [0.3, 0.4) is 0 Å². The van der Waals surface area contributed by atoms with Crippen LogP contribution in [0.15, 0.2) is 19.8 Å². The largest absolute Gasteiger partial charge is 0.464 e. The first-order chi connectivity index (χ1) is 21.1. The molecule has 0 saturated heterocycles. The van der Waals surface area contributed by atoms with Gasteiger partial charge in [-0.05, 0) is 58.4 Å². The van der Waals surface area contributed by atoms with Crippen molar-refractivity contribution in [3.05, 3.63) is 43.0 Å². The van der Waals surface area contributed by atoms with E-state index in [0.29, 0.717) is 16.5 Å². The van der Waals surface area contributed by atoms with Crippen LogP contribution in [0.4, 0.5) is 5.69 Å². The van der Waals surface area contributed by atoms with Crippen LogP contribution >= 0.6 is 15.9 Å². The smallest absolute Gasteiger partial charge is 0.328 e. The first-order valence-corrected chi connectivity index (χ1v) is 15.7. The molecule has 2 atom stereocenters. The highest BCUT2D eigenvalue weighted by Crippen LogP contribution is 2.36. The number of hydrogen-bond donors (Lipinski definition) is 3. The Morgan fingerprint density at radius 2 is 1.42 bits per heavy atom. The molecule has 45 heavy (non-hydrogen) atoms. The predicted octanol–water partition coefficient (Wildman–Crippen LogP) is 4.67. The van der Waals surface area contributed by atoms with Crippen molar-refractivity contribution < 1.29 is 33.1 Å². The second-order valence-electron chi connectivity index (χ2n) is 11.7. The summed E-state index contributed by atoms with van der Waals surface area (Å²) >= 11 is 3.47. The number of carbonyl (C=O) groups excluding carboxylic acids is 4. The topological polar surface area (TPSA) is 180 Å². The van der Waals surface area contributed by atoms with Gasteiger partial charge in [-0.15, -0.1) is 0 Å². The minimum atomic E-state index is -1.01. The lowest BCUT2D eigenvalue weighted by atomic mass is 9.98. The number of nitrogens with one attached hydrogen (secondary N) is 2. The summed E-state index contributed by atoms with van der Waals surface area (Å²) in [6.45, 7) is 14.4. The lowest BCUT2D eigenvalue weighted by Crippen LogP contribution is -2.43. The Labute approximate surface area is 270 Å². The quantitative estimate of drug-likeness (QED) is 0.137. The summed E-state index contributed by atoms with van der Waals surface area (Å²) in [5.74, 6) is -2.55. The van der Waals surface area contributed by atoms with Gasteiger partial charge < -0.3 is 30.3 Å². The van der Waals surface area contributed by atoms with Crippen molar-refractivity contribution in [3.63, 3.8) is 0 Å². The molecule has 1 heterocycles. The van der Waals surface area contributed by atoms with Gasteiger partial charge in [0.1, 0.15) is 23.3 Å². The van der Waals surface area contributed by atoms with Crippen molar-refractivity contribution in [1.82, 2.24) is 15.6 Å². The van der Waals surface area contributed by atoms with Gasteiger partial charge in [-0.2, -0.15) is 0 Å². The van der Waals surface area contributed by atoms with Crippen molar-refractivity contribution in [2.45, 2.75) is 80.3 Å². The summed E-state index contributed by atoms with van der Waals surface area (Å²) in [5.41, 5.74) is 5.84. The van der Waals surface area contributed by atoms with Gasteiger partial charge in [-0.3, -0.25) is 14.4 Å². The molecule has 0 aromatic heterocycles. The normalized spacial score (nSPS) is 12.8. The molecule has 13 heteroatoms. The number of aromatic nitrogens is 1. The van der Waals surface area contributed by atoms with Gasteiger partial charge in [0.25, 0.3) is 11.8 Å². The molecule has 4 N–H and O–H groups in total. The Hall–Kier alpha value is -4.00. The molecule has 244 valence electrons. The molecule has 0 radical (unpaired) electrons. The molecule has 0 unspecified atom stereocenters. The van der Waals surface area contributed by atoms with E-state index < -0.39 is 41.3 Å². The summed E-state index contributed by atoms with van der Waals surface area (Å²) in [5, 5.41) is 5.40. The molecule has 1 aliphatic carbocycles. The molecular formula is C32H41BrN4O8. The van der Waals surface area contributed by atoms with Gasteiger partial charge >= 0.3 is 11.9 Å². The summed E-state index contributed by atoms with van der Waals surface area (Å²) in [6, 6.07) is -0.398. The van der Waals surface area contributed by atoms with Gasteiger partial charge in [0.15, 0.2) is 11.3 Å². The highest BCUT2D eigenvalue weighted by atomic mass is 79.9. The van der Waals surface area contributed by atoms with Crippen LogP contribution in [0.5, 0.6) is 0 Å². The predicted molar refractivity (Wildman–Crippen MR) is 173 cm³/mol. The fourth-order valence-corrected chi connectivity index (χ4v) is 5.37. The summed E-state index contributed by atoms with van der Waals surface area (Å²) in [6.07, 6.45) is 0.607. The summed E-state index contributed by atoms with van der Waals surface area (Å²) in [7, 11) is 0. The number of nitrogens with two attached hydrogens (primary N) is 1. The van der Waals surface area contributed by atoms with Gasteiger partial charge in [-0.1, -0.05) is 43.6 Å². The van der Waals surface area contributed by atoms with E-state index >= 15 is 0 Å². The molecule has 3 rings (SSSR count). The number of esters is 2. The molecule has 1 aromatic carbocycles. The average molecular weight is 690 g/mol. The van der Waals surface area contributed by atoms with E-state index in [-0.39, 0.29) is 76.4 Å². The van der Waals surface area contributed by atoms with Crippen molar-refractivity contribution in [3.8, 4) is 11.5 Å². The lowest BCUT2D eigenvalue weighted by Gasteiger charge is -2.22. The molecule has 2 aliphatic rings. The number of amides is 2. The van der Waals surface area contributed by atoms with E-state index in [4.69, 9.17) is 24.6 Å². The Morgan fingerprint density at radius 3 is 1.91 bits per heavy atom. The minimum absolute atomic E-state index is 0.000148. The fourth-order valence-electron chi connectivity index (χ4n) is 4.96. The zero-order valence-electron chi connectivity index (χ0n) is 26.9. The van der Waals surface area contributed by atoms with Crippen LogP contribution in [-0.2, 0) is 19.1 Å². The van der Waals surface area contributed by atoms with Crippen molar-refractivity contribution in [2.24, 2.45) is 11.8 Å². The van der Waals surface area contributed by atoms with E-state index in [1.807, 2.05) is 27.7 Å². The van der Waals surface area contributed by atoms with Crippen molar-refractivity contribution >= 4 is 56.5 Å². The number of hydrogen-bond acceptors (Lipinski definition) is 10. The Balaban J connectivity index is 2.27. The Morgan fingerprint density at radius 1 is 0.911 bits per heavy atom. The fraction of sp³-hybridized carbons (Fsp3) is 0.500. The van der Waals surface area contributed by atoms with Crippen LogP contribution < -0.4 is 21.8 Å². The molecular weight excluding hydrogens is 648 g/mol. The number of carbonyl (C=O) groups is 4. The third kappa shape index (κ3) is 7.81. The number of benzene rings is 2. The van der Waals surface area contributed by atoms with Gasteiger partial charge in [0.2, 0.25) is 5.43 Å². The van der Waals surface area contributed by atoms with Crippen LogP contribution in [-0.4, -0.2) is 54.0 Å². The monoisotopic (exact) mass is 688 g/mol. The highest BCUT2D eigenvalue weighted by molar-refractivity contribution is 9.10. The van der Waals surface area contributed by atoms with Crippen molar-refractivity contribution in [1.29, 1.82) is 0 Å². The molecule has 0 bridgehead atoms. The van der Waals surface area contributed by atoms with E-state index in [1.165, 1.54) is 13.0 Å². The zero-order valence-corrected chi connectivity index (χ0v) is 28.5. The summed E-state index contributed by atoms with van der Waals surface area (Å²) in [4.78, 5) is 70.7. The maximum absolute atomic E-state index is 13.7. The third-order valence-corrected chi connectivity index (χ3v) is 7.98. The van der Waals surface area contributed by atoms with Crippen molar-refractivity contribution in [2.75, 3.05) is 18.9 Å². The second-order valence-corrected chi connectivity index (χ2v) is 12.5. The van der Waals surface area contributed by atoms with E-state index in [1.54, 1.807) is 20.8 Å². The SMILES string of the molecule is CCOC(=O)[C@H](CC(C)C)NC(=O)c1c2nc3c(C(=O)N[C@H](CC(C)C)C(=O)OCC)cc(Br)c(C)c3oc-2c(C)c(=O)c1N. The number of ether oxygens (including phenoxy) is 2. The number of rotatable bonds is 12. The number of aryl methyl sites for hydroxylation is 1. The zero-order chi connectivity index (χ0) is 33.7. The van der Waals surface area contributed by atoms with Gasteiger partial charge in [0, 0.05) is 15.6 Å². The maximum atomic E-state index is 13.7. The first kappa shape index (κ1) is 35.5. The Kier molecular flexibility index (Phi) is 11.7. The molecule has 0 fully saturated rings. The first-order valence-electron chi connectivity index (χ1n) is 14.9. The van der Waals surface area contributed by atoms with E-state index in [0.717, 1.165) is 0 Å². The third-order valence-electron chi connectivity index (χ3n) is 7.15. The summed E-state index contributed by atoms with van der Waals surface area (Å²) < 4.78 is 17.1. The Bertz CT molecular complexity index is 1650. The lowest BCUT2D eigenvalue weighted by molar-refractivity contribution is -0.146. The molecule has 0 spiro atoms. The number of halogens is 1. The van der Waals surface area contributed by atoms with E-state index in [9.17, 15) is 24.0 Å². The maximum Gasteiger partial charge on any atom is 0.328 e. The minimum Gasteiger partial charge on any atom is -0.464 e. The molecule has 12 nitrogen and oxygen atoms in total. The molecule has 0 saturated carbocycles. The number of anilines is 1. The van der Waals surface area contributed by atoms with Crippen LogP contribution in [0, 0.1) is 25.7 Å². The number of fused-ring (bicyclic) bond motifs is 2. The molecule has 2 amide bonds. The standard InChI is InChI=1S/C32H41BrN4O8/c1-9-43-31(41)20(11-14(3)4)35-29(39)18-13-19(33)16(7)27-24(18)37-25-22(23(34)26(38)17(8)28(25)45-27)30(40)36-21(12-15(5)6)32(42)44-10-2/h13-15,20-21H,9-12,34H2,1-8H3,(H,35,39)(H,36,40)/t20-,21+/m1/s1. The van der Waals surface area contributed by atoms with Gasteiger partial charge in [0.05, 0.1) is 30.0 Å². The van der Waals surface area contributed by atoms with Crippen LogP contribution in [0.25, 0.3) is 22.6 Å². The van der Waals surface area contributed by atoms with Crippen LogP contribution in [0.2, 0.25) is 0 Å². The molecule has 1 aromatic rings. The second kappa shape index (κ2) is 14.9.